The number of H-pyrrole nitrogens is 1. The van der Waals surface area contributed by atoms with Gasteiger partial charge in [0.1, 0.15) is 27.9 Å². The quantitative estimate of drug-likeness (QED) is 0.333. The minimum atomic E-state index is -0.956. The number of amides is 1. The first-order valence-electron chi connectivity index (χ1n) is 11.9. The summed E-state index contributed by atoms with van der Waals surface area (Å²) in [5.41, 5.74) is 6.19. The second kappa shape index (κ2) is 15.1. The lowest BCUT2D eigenvalue weighted by atomic mass is 10.1. The van der Waals surface area contributed by atoms with Crippen molar-refractivity contribution in [3.05, 3.63) is 39.2 Å². The number of nitriles is 1. The molecule has 3 aromatic rings. The van der Waals surface area contributed by atoms with E-state index in [4.69, 9.17) is 32.4 Å². The molecule has 38 heavy (non-hydrogen) atoms. The Hall–Kier alpha value is -3.44. The molecule has 0 aliphatic carbocycles. The molecule has 1 aliphatic heterocycles. The van der Waals surface area contributed by atoms with Crippen LogP contribution in [0.1, 0.15) is 57.6 Å². The van der Waals surface area contributed by atoms with Gasteiger partial charge >= 0.3 is 5.97 Å². The summed E-state index contributed by atoms with van der Waals surface area (Å²) in [7, 11) is 1.64. The van der Waals surface area contributed by atoms with Gasteiger partial charge in [0.25, 0.3) is 5.91 Å². The van der Waals surface area contributed by atoms with Crippen LogP contribution >= 0.6 is 22.9 Å². The predicted octanol–water partition coefficient (Wildman–Crippen LogP) is 3.29. The number of primary amides is 1. The van der Waals surface area contributed by atoms with Crippen molar-refractivity contribution in [1.29, 1.82) is 5.26 Å². The number of carbonyl (C=O) groups is 2. The van der Waals surface area contributed by atoms with E-state index < -0.39 is 11.9 Å². The first kappa shape index (κ1) is 30.8. The molecule has 0 aromatic carbocycles. The Kier molecular flexibility index (Phi) is 12.2. The summed E-state index contributed by atoms with van der Waals surface area (Å²) in [6.45, 7) is 6.61. The topological polar surface area (TPSA) is 183 Å². The third kappa shape index (κ3) is 7.78. The Morgan fingerprint density at radius 1 is 1.34 bits per heavy atom. The highest BCUT2D eigenvalue weighted by molar-refractivity contribution is 7.17. The van der Waals surface area contributed by atoms with Gasteiger partial charge < -0.3 is 35.1 Å². The summed E-state index contributed by atoms with van der Waals surface area (Å²) in [6.07, 6.45) is 6.96. The smallest absolute Gasteiger partial charge is 0.348 e. The molecule has 0 radical (unpaired) electrons. The zero-order chi connectivity index (χ0) is 28.2. The standard InChI is InChI=1S/C15H20N4O3S.C7H6ClN3O.C2H6O/c1-22-10-9-18-8-5-16-13(18)11-12(14(20)21)23-15(17-11)19-6-3-2-4-7-19;1-3-5(8)4(2-9)6(11-3)7(10)12;1-2-3/h5,8H,2-4,6-7,9-10H2,1H3,(H,20,21);11H,1H3,(H2,10,12);3H,2H2,1H3. The summed E-state index contributed by atoms with van der Waals surface area (Å²) >= 11 is 6.93. The second-order valence-corrected chi connectivity index (χ2v) is 9.43. The lowest BCUT2D eigenvalue weighted by Crippen LogP contribution is -2.29. The van der Waals surface area contributed by atoms with E-state index in [-0.39, 0.29) is 27.8 Å². The van der Waals surface area contributed by atoms with Gasteiger partial charge in [0.15, 0.2) is 11.0 Å². The summed E-state index contributed by atoms with van der Waals surface area (Å²) in [5.74, 6) is -1.05. The molecule has 1 aliphatic rings. The van der Waals surface area contributed by atoms with Crippen molar-refractivity contribution in [2.45, 2.75) is 39.7 Å². The number of nitrogens with two attached hydrogens (primary N) is 1. The number of anilines is 1. The highest BCUT2D eigenvalue weighted by Crippen LogP contribution is 2.33. The maximum atomic E-state index is 11.6. The van der Waals surface area contributed by atoms with Crippen LogP contribution in [0.15, 0.2) is 12.4 Å². The molecule has 12 nitrogen and oxygen atoms in total. The minimum Gasteiger partial charge on any atom is -0.477 e. The molecule has 1 amide bonds. The van der Waals surface area contributed by atoms with Gasteiger partial charge in [-0.15, -0.1) is 0 Å². The number of ether oxygens (including phenoxy) is 1. The normalized spacial score (nSPS) is 12.6. The van der Waals surface area contributed by atoms with E-state index in [1.165, 1.54) is 17.8 Å². The Morgan fingerprint density at radius 2 is 2.00 bits per heavy atom. The number of carboxylic acids is 1. The van der Waals surface area contributed by atoms with E-state index >= 15 is 0 Å². The van der Waals surface area contributed by atoms with Crippen LogP contribution in [0.5, 0.6) is 0 Å². The fraction of sp³-hybridized carbons (Fsp3) is 0.458. The second-order valence-electron chi connectivity index (χ2n) is 8.07. The van der Waals surface area contributed by atoms with Crippen LogP contribution in [0.3, 0.4) is 0 Å². The number of aryl methyl sites for hydroxylation is 1. The molecule has 4 rings (SSSR count). The van der Waals surface area contributed by atoms with E-state index in [1.54, 1.807) is 33.2 Å². The highest BCUT2D eigenvalue weighted by atomic mass is 35.5. The number of methoxy groups -OCH3 is 1. The van der Waals surface area contributed by atoms with Gasteiger partial charge in [-0.3, -0.25) is 4.79 Å². The van der Waals surface area contributed by atoms with Gasteiger partial charge in [-0.2, -0.15) is 5.26 Å². The lowest BCUT2D eigenvalue weighted by Gasteiger charge is -2.25. The predicted molar refractivity (Wildman–Crippen MR) is 145 cm³/mol. The van der Waals surface area contributed by atoms with E-state index in [0.717, 1.165) is 31.1 Å². The van der Waals surface area contributed by atoms with Crippen LogP contribution in [0, 0.1) is 18.3 Å². The minimum absolute atomic E-state index is 0.0694. The number of halogens is 1. The molecule has 1 fully saturated rings. The average Bonchev–Trinajstić information content (AvgIpc) is 3.61. The molecule has 4 heterocycles. The number of piperidine rings is 1. The number of rotatable bonds is 7. The number of imidazole rings is 1. The van der Waals surface area contributed by atoms with Crippen LogP contribution in [0.4, 0.5) is 5.13 Å². The number of carboxylic acid groups (broad SMARTS) is 1. The molecule has 0 atom stereocenters. The van der Waals surface area contributed by atoms with Crippen LogP contribution in [-0.2, 0) is 11.3 Å². The molecular formula is C24H32ClN7O5S. The van der Waals surface area contributed by atoms with Gasteiger partial charge in [0.2, 0.25) is 0 Å². The van der Waals surface area contributed by atoms with E-state index in [9.17, 15) is 14.7 Å². The molecule has 0 unspecified atom stereocenters. The Labute approximate surface area is 229 Å². The van der Waals surface area contributed by atoms with Crippen LogP contribution < -0.4 is 10.6 Å². The molecule has 206 valence electrons. The lowest BCUT2D eigenvalue weighted by molar-refractivity contribution is 0.0702. The summed E-state index contributed by atoms with van der Waals surface area (Å²) < 4.78 is 6.97. The van der Waals surface area contributed by atoms with Gasteiger partial charge in [0, 0.05) is 51.4 Å². The van der Waals surface area contributed by atoms with Crippen LogP contribution in [0.2, 0.25) is 5.02 Å². The van der Waals surface area contributed by atoms with Crippen molar-refractivity contribution in [3.8, 4) is 17.6 Å². The SMILES string of the molecule is CCO.COCCn1ccnc1-c1nc(N2CCCCC2)sc1C(=O)O.Cc1[nH]c(C(N)=O)c(C#N)c1Cl. The molecule has 1 saturated heterocycles. The maximum absolute atomic E-state index is 11.6. The van der Waals surface area contributed by atoms with Gasteiger partial charge in [-0.1, -0.05) is 22.9 Å². The molecule has 3 aromatic heterocycles. The Bertz CT molecular complexity index is 1260. The zero-order valence-corrected chi connectivity index (χ0v) is 23.1. The number of thiazole rings is 1. The Morgan fingerprint density at radius 3 is 2.53 bits per heavy atom. The monoisotopic (exact) mass is 565 g/mol. The van der Waals surface area contributed by atoms with Crippen molar-refractivity contribution in [1.82, 2.24) is 19.5 Å². The van der Waals surface area contributed by atoms with Gasteiger partial charge in [-0.25, -0.2) is 14.8 Å². The van der Waals surface area contributed by atoms with E-state index in [0.29, 0.717) is 30.4 Å². The van der Waals surface area contributed by atoms with Crippen molar-refractivity contribution >= 4 is 39.9 Å². The fourth-order valence-electron chi connectivity index (χ4n) is 3.61. The summed E-state index contributed by atoms with van der Waals surface area (Å²) in [5, 5.41) is 26.7. The van der Waals surface area contributed by atoms with E-state index in [2.05, 4.69) is 19.9 Å². The molecule has 0 saturated carbocycles. The Balaban J connectivity index is 0.000000284. The molecular weight excluding hydrogens is 534 g/mol. The van der Waals surface area contributed by atoms with Crippen LogP contribution in [0.25, 0.3) is 11.5 Å². The number of aromatic carboxylic acids is 1. The number of hydrogen-bond donors (Lipinski definition) is 4. The molecule has 0 spiro atoms. The average molecular weight is 566 g/mol. The van der Waals surface area contributed by atoms with Crippen molar-refractivity contribution < 1.29 is 24.5 Å². The fourth-order valence-corrected chi connectivity index (χ4v) is 4.75. The first-order valence-corrected chi connectivity index (χ1v) is 13.1. The highest BCUT2D eigenvalue weighted by Gasteiger charge is 2.25. The molecule has 14 heteroatoms. The largest absolute Gasteiger partial charge is 0.477 e. The van der Waals surface area contributed by atoms with Crippen molar-refractivity contribution in [2.75, 3.05) is 38.3 Å². The summed E-state index contributed by atoms with van der Waals surface area (Å²) in [6, 6.07) is 1.80. The van der Waals surface area contributed by atoms with Crippen molar-refractivity contribution in [3.63, 3.8) is 0 Å². The number of aliphatic hydroxyl groups excluding tert-OH is 1. The number of nitrogens with one attached hydrogen (secondary N) is 1. The third-order valence-corrected chi connectivity index (χ3v) is 6.95. The van der Waals surface area contributed by atoms with Gasteiger partial charge in [-0.05, 0) is 33.1 Å². The number of carbonyl (C=O) groups excluding carboxylic acids is 1. The first-order chi connectivity index (χ1) is 18.2. The number of nitrogens with zero attached hydrogens (tertiary/aromatic N) is 5. The molecule has 0 bridgehead atoms. The number of aromatic nitrogens is 4. The number of hydrogen-bond acceptors (Lipinski definition) is 9. The zero-order valence-electron chi connectivity index (χ0n) is 21.5. The van der Waals surface area contributed by atoms with E-state index in [1.807, 2.05) is 10.8 Å². The number of aromatic amines is 1. The molecule has 5 N–H and O–H groups in total. The van der Waals surface area contributed by atoms with Crippen molar-refractivity contribution in [2.24, 2.45) is 5.73 Å². The van der Waals surface area contributed by atoms with Gasteiger partial charge in [0.05, 0.1) is 11.6 Å². The third-order valence-electron chi connectivity index (χ3n) is 5.37. The summed E-state index contributed by atoms with van der Waals surface area (Å²) in [4.78, 5) is 36.3. The number of aliphatic hydroxyl groups is 1. The van der Waals surface area contributed by atoms with Crippen LogP contribution in [-0.4, -0.2) is 75.0 Å². The maximum Gasteiger partial charge on any atom is 0.348 e.